The molecule has 2 saturated heterocycles. The van der Waals surface area contributed by atoms with Crippen LogP contribution in [0.1, 0.15) is 24.2 Å². The number of nitrogens with zero attached hydrogens (tertiary/aromatic N) is 5. The van der Waals surface area contributed by atoms with Gasteiger partial charge in [-0.1, -0.05) is 0 Å². The number of benzene rings is 1. The third-order valence-electron chi connectivity index (χ3n) is 6.44. The first-order chi connectivity index (χ1) is 16.6. The molecule has 2 atom stereocenters. The van der Waals surface area contributed by atoms with Crippen LogP contribution in [0, 0.1) is 0 Å². The highest BCUT2D eigenvalue weighted by Crippen LogP contribution is 2.32. The average Bonchev–Trinajstić information content (AvgIpc) is 2.88. The SMILES string of the molecule is COc1ccc(-c2ccc3c(N4CCOC[C@@H]4C)nc(N4CCOC[C@@H]4C)nc3n2)cc1C=O. The van der Waals surface area contributed by atoms with Gasteiger partial charge in [0.25, 0.3) is 0 Å². The number of carbonyl (C=O) groups is 1. The topological polar surface area (TPSA) is 89.9 Å². The van der Waals surface area contributed by atoms with E-state index >= 15 is 0 Å². The summed E-state index contributed by atoms with van der Waals surface area (Å²) in [5.41, 5.74) is 2.67. The molecule has 0 unspecified atom stereocenters. The fourth-order valence-electron chi connectivity index (χ4n) is 4.54. The molecule has 0 radical (unpaired) electrons. The molecule has 0 N–H and O–H groups in total. The lowest BCUT2D eigenvalue weighted by atomic mass is 10.1. The quantitative estimate of drug-likeness (QED) is 0.530. The van der Waals surface area contributed by atoms with Gasteiger partial charge in [-0.15, -0.1) is 0 Å². The van der Waals surface area contributed by atoms with Crippen molar-refractivity contribution in [2.45, 2.75) is 25.9 Å². The van der Waals surface area contributed by atoms with Crippen molar-refractivity contribution in [2.75, 3.05) is 56.4 Å². The number of pyridine rings is 1. The van der Waals surface area contributed by atoms with Crippen molar-refractivity contribution in [3.8, 4) is 17.0 Å². The Labute approximate surface area is 198 Å². The van der Waals surface area contributed by atoms with Gasteiger partial charge in [0.05, 0.1) is 62.3 Å². The maximum absolute atomic E-state index is 11.5. The molecule has 2 aromatic heterocycles. The first-order valence-electron chi connectivity index (χ1n) is 11.6. The highest BCUT2D eigenvalue weighted by Gasteiger charge is 2.27. The molecule has 4 heterocycles. The largest absolute Gasteiger partial charge is 0.496 e. The van der Waals surface area contributed by atoms with E-state index in [-0.39, 0.29) is 12.1 Å². The number of hydrogen-bond donors (Lipinski definition) is 0. The Morgan fingerprint density at radius 1 is 0.971 bits per heavy atom. The molecule has 0 amide bonds. The van der Waals surface area contributed by atoms with Crippen LogP contribution in [0.15, 0.2) is 30.3 Å². The number of ether oxygens (including phenoxy) is 3. The van der Waals surface area contributed by atoms with Crippen molar-refractivity contribution < 1.29 is 19.0 Å². The van der Waals surface area contributed by atoms with Crippen LogP contribution in [-0.2, 0) is 9.47 Å². The van der Waals surface area contributed by atoms with E-state index in [9.17, 15) is 4.79 Å². The Morgan fingerprint density at radius 3 is 2.38 bits per heavy atom. The minimum absolute atomic E-state index is 0.168. The Balaban J connectivity index is 1.64. The molecule has 2 fully saturated rings. The van der Waals surface area contributed by atoms with E-state index in [1.54, 1.807) is 19.2 Å². The van der Waals surface area contributed by atoms with E-state index in [2.05, 4.69) is 23.6 Å². The Hall–Kier alpha value is -3.30. The summed E-state index contributed by atoms with van der Waals surface area (Å²) >= 11 is 0. The molecular weight excluding hydrogens is 434 g/mol. The highest BCUT2D eigenvalue weighted by atomic mass is 16.5. The average molecular weight is 464 g/mol. The third kappa shape index (κ3) is 4.17. The number of rotatable bonds is 5. The van der Waals surface area contributed by atoms with Crippen LogP contribution in [0.2, 0.25) is 0 Å². The summed E-state index contributed by atoms with van der Waals surface area (Å²) in [4.78, 5) is 30.8. The van der Waals surface area contributed by atoms with E-state index in [0.29, 0.717) is 49.3 Å². The predicted octanol–water partition coefficient (Wildman–Crippen LogP) is 2.96. The number of aldehydes is 1. The maximum atomic E-state index is 11.5. The minimum atomic E-state index is 0.168. The van der Waals surface area contributed by atoms with Crippen molar-refractivity contribution in [3.05, 3.63) is 35.9 Å². The lowest BCUT2D eigenvalue weighted by Crippen LogP contribution is -2.46. The molecule has 1 aromatic carbocycles. The summed E-state index contributed by atoms with van der Waals surface area (Å²) in [6, 6.07) is 9.81. The molecule has 0 bridgehead atoms. The van der Waals surface area contributed by atoms with Crippen LogP contribution in [-0.4, -0.2) is 79.9 Å². The molecule has 0 saturated carbocycles. The van der Waals surface area contributed by atoms with Gasteiger partial charge in [0.1, 0.15) is 11.6 Å². The van der Waals surface area contributed by atoms with E-state index in [1.165, 1.54) is 0 Å². The second-order valence-electron chi connectivity index (χ2n) is 8.72. The monoisotopic (exact) mass is 463 g/mol. The first-order valence-corrected chi connectivity index (χ1v) is 11.6. The zero-order valence-corrected chi connectivity index (χ0v) is 19.7. The summed E-state index contributed by atoms with van der Waals surface area (Å²) in [6.07, 6.45) is 0.793. The molecule has 9 heteroatoms. The van der Waals surface area contributed by atoms with E-state index in [1.807, 2.05) is 18.2 Å². The lowest BCUT2D eigenvalue weighted by Gasteiger charge is -2.37. The van der Waals surface area contributed by atoms with E-state index in [0.717, 1.165) is 41.8 Å². The van der Waals surface area contributed by atoms with Gasteiger partial charge in [-0.3, -0.25) is 4.79 Å². The zero-order valence-electron chi connectivity index (χ0n) is 19.7. The fourth-order valence-corrected chi connectivity index (χ4v) is 4.54. The molecule has 178 valence electrons. The molecule has 0 spiro atoms. The fraction of sp³-hybridized carbons (Fsp3) is 0.440. The first kappa shape index (κ1) is 22.5. The van der Waals surface area contributed by atoms with Crippen molar-refractivity contribution in [1.29, 1.82) is 0 Å². The Bertz CT molecular complexity index is 1200. The number of fused-ring (bicyclic) bond motifs is 1. The number of aromatic nitrogens is 3. The van der Waals surface area contributed by atoms with Gasteiger partial charge < -0.3 is 24.0 Å². The summed E-state index contributed by atoms with van der Waals surface area (Å²) in [7, 11) is 1.55. The molecule has 34 heavy (non-hydrogen) atoms. The van der Waals surface area contributed by atoms with Gasteiger partial charge in [-0.05, 0) is 44.2 Å². The number of hydrogen-bond acceptors (Lipinski definition) is 9. The summed E-state index contributed by atoms with van der Waals surface area (Å²) in [5.74, 6) is 2.07. The Morgan fingerprint density at radius 2 is 1.71 bits per heavy atom. The van der Waals surface area contributed by atoms with Crippen molar-refractivity contribution in [2.24, 2.45) is 0 Å². The van der Waals surface area contributed by atoms with Crippen LogP contribution < -0.4 is 14.5 Å². The number of carbonyl (C=O) groups excluding carboxylic acids is 1. The van der Waals surface area contributed by atoms with Crippen molar-refractivity contribution >= 4 is 29.1 Å². The molecule has 3 aromatic rings. The van der Waals surface area contributed by atoms with Crippen LogP contribution in [0.25, 0.3) is 22.3 Å². The van der Waals surface area contributed by atoms with E-state index in [4.69, 9.17) is 29.2 Å². The highest BCUT2D eigenvalue weighted by molar-refractivity contribution is 5.90. The predicted molar refractivity (Wildman–Crippen MR) is 130 cm³/mol. The maximum Gasteiger partial charge on any atom is 0.229 e. The summed E-state index contributed by atoms with van der Waals surface area (Å²) in [6.45, 7) is 8.34. The summed E-state index contributed by atoms with van der Waals surface area (Å²) < 4.78 is 16.6. The van der Waals surface area contributed by atoms with Crippen molar-refractivity contribution in [1.82, 2.24) is 15.0 Å². The molecular formula is C25H29N5O4. The van der Waals surface area contributed by atoms with Crippen LogP contribution >= 0.6 is 0 Å². The van der Waals surface area contributed by atoms with Gasteiger partial charge in [-0.25, -0.2) is 4.98 Å². The zero-order chi connectivity index (χ0) is 23.7. The van der Waals surface area contributed by atoms with Gasteiger partial charge in [0.15, 0.2) is 11.9 Å². The van der Waals surface area contributed by atoms with Gasteiger partial charge >= 0.3 is 0 Å². The lowest BCUT2D eigenvalue weighted by molar-refractivity contribution is 0.0973. The molecule has 2 aliphatic rings. The third-order valence-corrected chi connectivity index (χ3v) is 6.44. The van der Waals surface area contributed by atoms with Crippen LogP contribution in [0.5, 0.6) is 5.75 Å². The van der Waals surface area contributed by atoms with Crippen LogP contribution in [0.4, 0.5) is 11.8 Å². The van der Waals surface area contributed by atoms with Gasteiger partial charge in [0, 0.05) is 18.7 Å². The number of methoxy groups -OCH3 is 1. The second kappa shape index (κ2) is 9.52. The normalized spacial score (nSPS) is 21.0. The molecule has 0 aliphatic carbocycles. The summed E-state index contributed by atoms with van der Waals surface area (Å²) in [5, 5.41) is 0.895. The Kier molecular flexibility index (Phi) is 6.30. The number of anilines is 2. The van der Waals surface area contributed by atoms with Crippen molar-refractivity contribution in [3.63, 3.8) is 0 Å². The number of morpholine rings is 2. The van der Waals surface area contributed by atoms with Gasteiger partial charge in [-0.2, -0.15) is 9.97 Å². The standard InChI is InChI=1S/C25H29N5O4/c1-16-14-33-10-8-29(16)24-20-5-6-21(18-4-7-22(32-3)19(12-18)13-31)26-23(20)27-25(28-24)30-9-11-34-15-17(30)2/h4-7,12-13,16-17H,8-11,14-15H2,1-3H3/t16-,17-/m0/s1. The minimum Gasteiger partial charge on any atom is -0.496 e. The smallest absolute Gasteiger partial charge is 0.229 e. The van der Waals surface area contributed by atoms with Crippen LogP contribution in [0.3, 0.4) is 0 Å². The second-order valence-corrected chi connectivity index (χ2v) is 8.72. The molecule has 9 nitrogen and oxygen atoms in total. The van der Waals surface area contributed by atoms with E-state index < -0.39 is 0 Å². The molecule has 2 aliphatic heterocycles. The van der Waals surface area contributed by atoms with Gasteiger partial charge in [0.2, 0.25) is 5.95 Å². The molecule has 5 rings (SSSR count).